The summed E-state index contributed by atoms with van der Waals surface area (Å²) in [7, 11) is -1.79. The van der Waals surface area contributed by atoms with E-state index in [9.17, 15) is 13.2 Å². The lowest BCUT2D eigenvalue weighted by atomic mass is 9.93. The second-order valence-corrected chi connectivity index (χ2v) is 10.2. The van der Waals surface area contributed by atoms with Gasteiger partial charge in [0.05, 0.1) is 19.1 Å². The van der Waals surface area contributed by atoms with Gasteiger partial charge in [0.25, 0.3) is 0 Å². The average Bonchev–Trinajstić information content (AvgIpc) is 3.11. The second-order valence-electron chi connectivity index (χ2n) is 8.44. The highest BCUT2D eigenvalue weighted by atomic mass is 32.2. The van der Waals surface area contributed by atoms with E-state index in [0.717, 1.165) is 65.4 Å². The van der Waals surface area contributed by atoms with E-state index in [0.29, 0.717) is 17.1 Å². The normalized spacial score (nSPS) is 14.1. The van der Waals surface area contributed by atoms with Gasteiger partial charge >= 0.3 is 0 Å². The molecule has 0 radical (unpaired) electrons. The molecule has 33 heavy (non-hydrogen) atoms. The predicted octanol–water partition coefficient (Wildman–Crippen LogP) is 5.04. The van der Waals surface area contributed by atoms with E-state index < -0.39 is 10.0 Å². The van der Waals surface area contributed by atoms with Crippen LogP contribution in [0, 0.1) is 6.92 Å². The Labute approximate surface area is 193 Å². The van der Waals surface area contributed by atoms with E-state index in [1.165, 1.54) is 11.6 Å². The van der Waals surface area contributed by atoms with Gasteiger partial charge in [0.2, 0.25) is 15.9 Å². The number of fused-ring (bicyclic) bond motifs is 3. The molecule has 0 spiro atoms. The number of furan rings is 1. The molecular formula is C25H28N2O5S. The number of benzene rings is 2. The van der Waals surface area contributed by atoms with Gasteiger partial charge in [-0.25, -0.2) is 8.42 Å². The number of hydrogen-bond acceptors (Lipinski definition) is 5. The fraction of sp³-hybridized carbons (Fsp3) is 0.320. The van der Waals surface area contributed by atoms with Gasteiger partial charge in [-0.3, -0.25) is 9.52 Å². The minimum absolute atomic E-state index is 0.321. The SMILES string of the molecule is COc1c(/C(C)=C/C(=O)Nc2cccc(NS(C)(=O)=O)c2)cc2c3c(oc2c1C)CCCC3. The quantitative estimate of drug-likeness (QED) is 0.494. The first-order chi connectivity index (χ1) is 15.7. The number of methoxy groups -OCH3 is 1. The van der Waals surface area contributed by atoms with Crippen molar-refractivity contribution in [2.45, 2.75) is 39.5 Å². The summed E-state index contributed by atoms with van der Waals surface area (Å²) >= 11 is 0. The van der Waals surface area contributed by atoms with Gasteiger partial charge in [-0.05, 0) is 62.9 Å². The molecular weight excluding hydrogens is 440 g/mol. The lowest BCUT2D eigenvalue weighted by molar-refractivity contribution is -0.111. The van der Waals surface area contributed by atoms with Crippen LogP contribution in [-0.2, 0) is 27.7 Å². The van der Waals surface area contributed by atoms with Crippen LogP contribution in [0.1, 0.15) is 42.2 Å². The number of hydrogen-bond donors (Lipinski definition) is 2. The third kappa shape index (κ3) is 4.90. The third-order valence-electron chi connectivity index (χ3n) is 5.84. The van der Waals surface area contributed by atoms with Gasteiger partial charge in [-0.15, -0.1) is 0 Å². The highest BCUT2D eigenvalue weighted by molar-refractivity contribution is 7.92. The highest BCUT2D eigenvalue weighted by Crippen LogP contribution is 2.41. The molecule has 0 fully saturated rings. The Morgan fingerprint density at radius 1 is 1.15 bits per heavy atom. The van der Waals surface area contributed by atoms with Crippen molar-refractivity contribution in [3.63, 3.8) is 0 Å². The summed E-state index contributed by atoms with van der Waals surface area (Å²) in [5.41, 5.74) is 5.51. The van der Waals surface area contributed by atoms with Crippen molar-refractivity contribution in [1.82, 2.24) is 0 Å². The second kappa shape index (κ2) is 8.94. The average molecular weight is 469 g/mol. The Balaban J connectivity index is 1.65. The van der Waals surface area contributed by atoms with Crippen molar-refractivity contribution in [3.05, 3.63) is 58.9 Å². The van der Waals surface area contributed by atoms with Crippen molar-refractivity contribution in [2.75, 3.05) is 23.4 Å². The van der Waals surface area contributed by atoms with Gasteiger partial charge in [0.1, 0.15) is 17.1 Å². The molecule has 1 aliphatic carbocycles. The molecule has 1 amide bonds. The molecule has 1 heterocycles. The van der Waals surface area contributed by atoms with E-state index in [2.05, 4.69) is 16.1 Å². The monoisotopic (exact) mass is 468 g/mol. The summed E-state index contributed by atoms with van der Waals surface area (Å²) in [5.74, 6) is 1.42. The van der Waals surface area contributed by atoms with Crippen molar-refractivity contribution < 1.29 is 22.4 Å². The molecule has 2 N–H and O–H groups in total. The molecule has 0 saturated carbocycles. The molecule has 174 valence electrons. The summed E-state index contributed by atoms with van der Waals surface area (Å²) in [6, 6.07) is 8.61. The van der Waals surface area contributed by atoms with E-state index in [4.69, 9.17) is 9.15 Å². The van der Waals surface area contributed by atoms with Crippen LogP contribution in [0.2, 0.25) is 0 Å². The minimum atomic E-state index is -3.41. The number of allylic oxidation sites excluding steroid dienone is 1. The van der Waals surface area contributed by atoms with E-state index >= 15 is 0 Å². The third-order valence-corrected chi connectivity index (χ3v) is 6.44. The van der Waals surface area contributed by atoms with Crippen molar-refractivity contribution >= 4 is 43.8 Å². The van der Waals surface area contributed by atoms with Crippen LogP contribution >= 0.6 is 0 Å². The Kier molecular flexibility index (Phi) is 6.21. The Bertz CT molecular complexity index is 1370. The smallest absolute Gasteiger partial charge is 0.248 e. The number of carbonyl (C=O) groups excluding carboxylic acids is 1. The van der Waals surface area contributed by atoms with Crippen LogP contribution < -0.4 is 14.8 Å². The first-order valence-corrected chi connectivity index (χ1v) is 12.7. The first kappa shape index (κ1) is 22.9. The summed E-state index contributed by atoms with van der Waals surface area (Å²) in [6.45, 7) is 3.85. The van der Waals surface area contributed by atoms with E-state index in [1.54, 1.807) is 31.4 Å². The molecule has 4 rings (SSSR count). The maximum absolute atomic E-state index is 12.7. The fourth-order valence-electron chi connectivity index (χ4n) is 4.42. The summed E-state index contributed by atoms with van der Waals surface area (Å²) in [6.07, 6.45) is 6.82. The van der Waals surface area contributed by atoms with E-state index in [-0.39, 0.29) is 5.91 Å². The number of aryl methyl sites for hydroxylation is 3. The molecule has 0 aliphatic heterocycles. The molecule has 1 aliphatic rings. The minimum Gasteiger partial charge on any atom is -0.496 e. The lowest BCUT2D eigenvalue weighted by Crippen LogP contribution is -2.11. The van der Waals surface area contributed by atoms with Gasteiger partial charge in [0, 0.05) is 40.3 Å². The standard InChI is InChI=1S/C25H28N2O5S/c1-15(12-23(28)26-17-8-7-9-18(13-17)27-33(4,29)30)20-14-21-19-10-5-6-11-22(19)32-25(21)16(2)24(20)31-3/h7-9,12-14,27H,5-6,10-11H2,1-4H3,(H,26,28)/b15-12+. The van der Waals surface area contributed by atoms with Gasteiger partial charge in [-0.2, -0.15) is 0 Å². The molecule has 3 aromatic rings. The van der Waals surface area contributed by atoms with Crippen LogP contribution in [0.4, 0.5) is 11.4 Å². The molecule has 2 aromatic carbocycles. The van der Waals surface area contributed by atoms with Crippen LogP contribution in [0.15, 0.2) is 40.8 Å². The highest BCUT2D eigenvalue weighted by Gasteiger charge is 2.23. The lowest BCUT2D eigenvalue weighted by Gasteiger charge is -2.14. The molecule has 1 aromatic heterocycles. The first-order valence-electron chi connectivity index (χ1n) is 10.9. The zero-order valence-electron chi connectivity index (χ0n) is 19.2. The van der Waals surface area contributed by atoms with Crippen LogP contribution in [0.3, 0.4) is 0 Å². The number of sulfonamides is 1. The topological polar surface area (TPSA) is 97.6 Å². The molecule has 0 unspecified atom stereocenters. The number of carbonyl (C=O) groups is 1. The summed E-state index contributed by atoms with van der Waals surface area (Å²) in [5, 5.41) is 3.88. The maximum atomic E-state index is 12.7. The number of amides is 1. The zero-order valence-corrected chi connectivity index (χ0v) is 20.1. The zero-order chi connectivity index (χ0) is 23.8. The Morgan fingerprint density at radius 2 is 1.88 bits per heavy atom. The maximum Gasteiger partial charge on any atom is 0.248 e. The van der Waals surface area contributed by atoms with Crippen LogP contribution in [0.25, 0.3) is 16.5 Å². The van der Waals surface area contributed by atoms with Crippen LogP contribution in [0.5, 0.6) is 5.75 Å². The van der Waals surface area contributed by atoms with Crippen molar-refractivity contribution in [3.8, 4) is 5.75 Å². The van der Waals surface area contributed by atoms with Crippen molar-refractivity contribution in [2.24, 2.45) is 0 Å². The van der Waals surface area contributed by atoms with Gasteiger partial charge < -0.3 is 14.5 Å². The Hall–Kier alpha value is -3.26. The van der Waals surface area contributed by atoms with Crippen LogP contribution in [-0.4, -0.2) is 27.7 Å². The van der Waals surface area contributed by atoms with E-state index in [1.807, 2.05) is 13.8 Å². The Morgan fingerprint density at radius 3 is 2.61 bits per heavy atom. The molecule has 8 heteroatoms. The number of ether oxygens (including phenoxy) is 1. The number of nitrogens with one attached hydrogen (secondary N) is 2. The van der Waals surface area contributed by atoms with Gasteiger partial charge in [0.15, 0.2) is 0 Å². The number of anilines is 2. The largest absolute Gasteiger partial charge is 0.496 e. The van der Waals surface area contributed by atoms with Crippen molar-refractivity contribution in [1.29, 1.82) is 0 Å². The molecule has 0 saturated heterocycles. The molecule has 7 nitrogen and oxygen atoms in total. The summed E-state index contributed by atoms with van der Waals surface area (Å²) < 4.78 is 37.2. The molecule has 0 bridgehead atoms. The summed E-state index contributed by atoms with van der Waals surface area (Å²) in [4.78, 5) is 12.7. The number of rotatable bonds is 6. The van der Waals surface area contributed by atoms with Gasteiger partial charge in [-0.1, -0.05) is 6.07 Å². The molecule has 0 atom stereocenters. The fourth-order valence-corrected chi connectivity index (χ4v) is 4.97. The predicted molar refractivity (Wildman–Crippen MR) is 131 cm³/mol.